The zero-order valence-electron chi connectivity index (χ0n) is 9.27. The van der Waals surface area contributed by atoms with Crippen LogP contribution in [0.1, 0.15) is 18.9 Å². The van der Waals surface area contributed by atoms with E-state index in [2.05, 4.69) is 21.8 Å². The molecule has 1 heterocycles. The molecule has 0 aliphatic carbocycles. The van der Waals surface area contributed by atoms with Crippen molar-refractivity contribution in [2.75, 3.05) is 30.3 Å². The highest BCUT2D eigenvalue weighted by atomic mass is 16.3. The monoisotopic (exact) mass is 210 g/mol. The SMILES string of the molecule is CCN(CCCO)c1nc(N)ncc1C. The smallest absolute Gasteiger partial charge is 0.221 e. The van der Waals surface area contributed by atoms with Crippen LogP contribution in [0.3, 0.4) is 0 Å². The first-order chi connectivity index (χ1) is 7.19. The Hall–Kier alpha value is -1.36. The van der Waals surface area contributed by atoms with Crippen molar-refractivity contribution < 1.29 is 5.11 Å². The van der Waals surface area contributed by atoms with Crippen molar-refractivity contribution in [3.05, 3.63) is 11.8 Å². The largest absolute Gasteiger partial charge is 0.396 e. The Bertz CT molecular complexity index is 316. The second kappa shape index (κ2) is 5.50. The van der Waals surface area contributed by atoms with E-state index in [9.17, 15) is 0 Å². The first-order valence-corrected chi connectivity index (χ1v) is 5.14. The third-order valence-electron chi connectivity index (χ3n) is 2.23. The zero-order valence-corrected chi connectivity index (χ0v) is 9.27. The number of aliphatic hydroxyl groups excluding tert-OH is 1. The maximum Gasteiger partial charge on any atom is 0.221 e. The lowest BCUT2D eigenvalue weighted by molar-refractivity contribution is 0.289. The third-order valence-corrected chi connectivity index (χ3v) is 2.23. The van der Waals surface area contributed by atoms with E-state index >= 15 is 0 Å². The molecule has 0 atom stereocenters. The number of anilines is 2. The van der Waals surface area contributed by atoms with E-state index in [0.29, 0.717) is 0 Å². The number of rotatable bonds is 5. The Morgan fingerprint density at radius 3 is 2.87 bits per heavy atom. The molecule has 1 rings (SSSR count). The quantitative estimate of drug-likeness (QED) is 0.743. The van der Waals surface area contributed by atoms with E-state index in [-0.39, 0.29) is 12.6 Å². The molecular formula is C10H18N4O. The summed E-state index contributed by atoms with van der Waals surface area (Å²) in [4.78, 5) is 10.2. The summed E-state index contributed by atoms with van der Waals surface area (Å²) in [6, 6.07) is 0. The average molecular weight is 210 g/mol. The molecule has 0 amide bonds. The van der Waals surface area contributed by atoms with Gasteiger partial charge in [-0.05, 0) is 20.3 Å². The van der Waals surface area contributed by atoms with Gasteiger partial charge < -0.3 is 15.7 Å². The Morgan fingerprint density at radius 2 is 2.27 bits per heavy atom. The number of nitrogens with two attached hydrogens (primary N) is 1. The summed E-state index contributed by atoms with van der Waals surface area (Å²) in [5.74, 6) is 1.15. The second-order valence-electron chi connectivity index (χ2n) is 3.39. The van der Waals surface area contributed by atoms with Crippen molar-refractivity contribution in [3.63, 3.8) is 0 Å². The van der Waals surface area contributed by atoms with Gasteiger partial charge in [0.2, 0.25) is 5.95 Å². The number of aromatic nitrogens is 2. The van der Waals surface area contributed by atoms with Crippen molar-refractivity contribution in [2.45, 2.75) is 20.3 Å². The summed E-state index contributed by atoms with van der Waals surface area (Å²) in [6.45, 7) is 5.82. The molecule has 84 valence electrons. The highest BCUT2D eigenvalue weighted by molar-refractivity contribution is 5.47. The number of hydrogen-bond donors (Lipinski definition) is 2. The Kier molecular flexibility index (Phi) is 4.30. The summed E-state index contributed by atoms with van der Waals surface area (Å²) >= 11 is 0. The van der Waals surface area contributed by atoms with Crippen LogP contribution in [0.4, 0.5) is 11.8 Å². The van der Waals surface area contributed by atoms with E-state index in [1.54, 1.807) is 6.20 Å². The van der Waals surface area contributed by atoms with E-state index in [1.807, 2.05) is 6.92 Å². The highest BCUT2D eigenvalue weighted by Gasteiger charge is 2.09. The number of aryl methyl sites for hydroxylation is 1. The van der Waals surface area contributed by atoms with Crippen LogP contribution in [0.15, 0.2) is 6.20 Å². The van der Waals surface area contributed by atoms with Crippen molar-refractivity contribution >= 4 is 11.8 Å². The summed E-state index contributed by atoms with van der Waals surface area (Å²) in [6.07, 6.45) is 2.45. The number of nitrogen functional groups attached to an aromatic ring is 1. The van der Waals surface area contributed by atoms with Gasteiger partial charge in [-0.2, -0.15) is 4.98 Å². The lowest BCUT2D eigenvalue weighted by atomic mass is 10.3. The van der Waals surface area contributed by atoms with Crippen LogP contribution in [-0.2, 0) is 0 Å². The van der Waals surface area contributed by atoms with Crippen LogP contribution in [-0.4, -0.2) is 34.8 Å². The van der Waals surface area contributed by atoms with Crippen LogP contribution in [0.2, 0.25) is 0 Å². The van der Waals surface area contributed by atoms with Gasteiger partial charge in [0.25, 0.3) is 0 Å². The van der Waals surface area contributed by atoms with Gasteiger partial charge in [0, 0.05) is 31.5 Å². The number of hydrogen-bond acceptors (Lipinski definition) is 5. The molecular weight excluding hydrogens is 192 g/mol. The van der Waals surface area contributed by atoms with Crippen LogP contribution in [0, 0.1) is 6.92 Å². The lowest BCUT2D eigenvalue weighted by Crippen LogP contribution is -2.26. The molecule has 0 radical (unpaired) electrons. The van der Waals surface area contributed by atoms with Crippen LogP contribution >= 0.6 is 0 Å². The molecule has 0 saturated carbocycles. The number of aliphatic hydroxyl groups is 1. The third kappa shape index (κ3) is 3.06. The topological polar surface area (TPSA) is 75.3 Å². The minimum absolute atomic E-state index is 0.191. The maximum absolute atomic E-state index is 8.80. The van der Waals surface area contributed by atoms with Gasteiger partial charge in [0.15, 0.2) is 0 Å². The van der Waals surface area contributed by atoms with Gasteiger partial charge in [0.1, 0.15) is 5.82 Å². The van der Waals surface area contributed by atoms with Gasteiger partial charge >= 0.3 is 0 Å². The summed E-state index contributed by atoms with van der Waals surface area (Å²) < 4.78 is 0. The Labute approximate surface area is 90.0 Å². The van der Waals surface area contributed by atoms with Gasteiger partial charge in [-0.25, -0.2) is 4.98 Å². The van der Waals surface area contributed by atoms with E-state index in [4.69, 9.17) is 10.8 Å². The minimum Gasteiger partial charge on any atom is -0.396 e. The predicted octanol–water partition coefficient (Wildman–Crippen LogP) is 0.576. The fraction of sp³-hybridized carbons (Fsp3) is 0.600. The Morgan fingerprint density at radius 1 is 1.53 bits per heavy atom. The predicted molar refractivity (Wildman–Crippen MR) is 60.8 cm³/mol. The van der Waals surface area contributed by atoms with Crippen molar-refractivity contribution in [3.8, 4) is 0 Å². The summed E-state index contributed by atoms with van der Waals surface area (Å²) in [5.41, 5.74) is 6.55. The van der Waals surface area contributed by atoms with E-state index in [0.717, 1.165) is 30.9 Å². The summed E-state index contributed by atoms with van der Waals surface area (Å²) in [7, 11) is 0. The van der Waals surface area contributed by atoms with E-state index in [1.165, 1.54) is 0 Å². The van der Waals surface area contributed by atoms with Gasteiger partial charge in [-0.3, -0.25) is 0 Å². The molecule has 1 aromatic rings. The minimum atomic E-state index is 0.191. The molecule has 5 nitrogen and oxygen atoms in total. The van der Waals surface area contributed by atoms with E-state index < -0.39 is 0 Å². The van der Waals surface area contributed by atoms with Gasteiger partial charge in [-0.1, -0.05) is 0 Å². The molecule has 1 aromatic heterocycles. The highest BCUT2D eigenvalue weighted by Crippen LogP contribution is 2.16. The standard InChI is InChI=1S/C10H18N4O/c1-3-14(5-4-6-15)9-8(2)7-12-10(11)13-9/h7,15H,3-6H2,1-2H3,(H2,11,12,13). The maximum atomic E-state index is 8.80. The number of nitrogens with zero attached hydrogens (tertiary/aromatic N) is 3. The van der Waals surface area contributed by atoms with Gasteiger partial charge in [0.05, 0.1) is 0 Å². The van der Waals surface area contributed by atoms with Crippen LogP contribution in [0.25, 0.3) is 0 Å². The normalized spacial score (nSPS) is 10.3. The summed E-state index contributed by atoms with van der Waals surface area (Å²) in [5, 5.41) is 8.80. The molecule has 0 spiro atoms. The first kappa shape index (κ1) is 11.7. The molecule has 15 heavy (non-hydrogen) atoms. The first-order valence-electron chi connectivity index (χ1n) is 5.14. The molecule has 0 fully saturated rings. The lowest BCUT2D eigenvalue weighted by Gasteiger charge is -2.23. The molecule has 0 bridgehead atoms. The molecule has 0 aliphatic rings. The second-order valence-corrected chi connectivity index (χ2v) is 3.39. The van der Waals surface area contributed by atoms with Crippen molar-refractivity contribution in [2.24, 2.45) is 0 Å². The molecule has 0 aliphatic heterocycles. The molecule has 0 saturated heterocycles. The molecule has 5 heteroatoms. The average Bonchev–Trinajstić information content (AvgIpc) is 2.24. The zero-order chi connectivity index (χ0) is 11.3. The van der Waals surface area contributed by atoms with Gasteiger partial charge in [-0.15, -0.1) is 0 Å². The fourth-order valence-electron chi connectivity index (χ4n) is 1.44. The van der Waals surface area contributed by atoms with Crippen LogP contribution < -0.4 is 10.6 Å². The van der Waals surface area contributed by atoms with Crippen molar-refractivity contribution in [1.29, 1.82) is 0 Å². The molecule has 3 N–H and O–H groups in total. The van der Waals surface area contributed by atoms with Crippen LogP contribution in [0.5, 0.6) is 0 Å². The van der Waals surface area contributed by atoms with Crippen molar-refractivity contribution in [1.82, 2.24) is 9.97 Å². The Balaban J connectivity index is 2.85. The molecule has 0 unspecified atom stereocenters. The fourth-order valence-corrected chi connectivity index (χ4v) is 1.44. The molecule has 0 aromatic carbocycles.